The molecule has 0 aliphatic heterocycles. The number of allylic oxidation sites excluding steroid dienone is 16. The number of likely N-dealkylation sites (N-methyl/N-ethyl adjacent to an activating group) is 1. The highest BCUT2D eigenvalue weighted by Crippen LogP contribution is 2.43. The summed E-state index contributed by atoms with van der Waals surface area (Å²) in [7, 11) is 1.47. The lowest BCUT2D eigenvalue weighted by atomic mass is 10.0. The highest BCUT2D eigenvalue weighted by atomic mass is 31.2. The number of rotatable bonds is 60. The Morgan fingerprint density at radius 3 is 1.06 bits per heavy atom. The fourth-order valence-electron chi connectivity index (χ4n) is 9.05. The van der Waals surface area contributed by atoms with E-state index in [1.165, 1.54) is 161 Å². The Labute approximate surface area is 493 Å². The normalized spacial score (nSPS) is 13.8. The molecular formula is C70H125NO8P+. The molecule has 0 fully saturated rings. The van der Waals surface area contributed by atoms with Crippen molar-refractivity contribution in [1.82, 2.24) is 0 Å². The van der Waals surface area contributed by atoms with Crippen LogP contribution in [0, 0.1) is 0 Å². The third-order valence-corrected chi connectivity index (χ3v) is 15.1. The second kappa shape index (κ2) is 60.5. The predicted octanol–water partition coefficient (Wildman–Crippen LogP) is 21.2. The number of carbonyl (C=O) groups is 2. The van der Waals surface area contributed by atoms with Gasteiger partial charge in [-0.25, -0.2) is 4.57 Å². The van der Waals surface area contributed by atoms with Crippen molar-refractivity contribution < 1.29 is 42.1 Å². The van der Waals surface area contributed by atoms with Gasteiger partial charge in [0.15, 0.2) is 6.10 Å². The first-order valence-electron chi connectivity index (χ1n) is 33.0. The molecule has 2 atom stereocenters. The fourth-order valence-corrected chi connectivity index (χ4v) is 9.79. The van der Waals surface area contributed by atoms with Gasteiger partial charge in [-0.3, -0.25) is 18.6 Å². The van der Waals surface area contributed by atoms with E-state index in [4.69, 9.17) is 18.5 Å². The third-order valence-electron chi connectivity index (χ3n) is 14.1. The summed E-state index contributed by atoms with van der Waals surface area (Å²) in [6.07, 6.45) is 83.6. The minimum absolute atomic E-state index is 0.0274. The van der Waals surface area contributed by atoms with Gasteiger partial charge in [0.2, 0.25) is 0 Å². The van der Waals surface area contributed by atoms with E-state index in [1.54, 1.807) is 0 Å². The largest absolute Gasteiger partial charge is 0.472 e. The first-order chi connectivity index (χ1) is 39.0. The molecule has 462 valence electrons. The number of unbranched alkanes of at least 4 members (excludes halogenated alkanes) is 30. The smallest absolute Gasteiger partial charge is 0.462 e. The van der Waals surface area contributed by atoms with Crippen LogP contribution in [0.2, 0.25) is 0 Å². The molecule has 0 aliphatic carbocycles. The predicted molar refractivity (Wildman–Crippen MR) is 344 cm³/mol. The number of phosphoric acid groups is 1. The lowest BCUT2D eigenvalue weighted by molar-refractivity contribution is -0.870. The molecule has 0 aliphatic rings. The number of ether oxygens (including phenoxy) is 2. The zero-order valence-corrected chi connectivity index (χ0v) is 53.4. The Morgan fingerprint density at radius 1 is 0.400 bits per heavy atom. The van der Waals surface area contributed by atoms with Gasteiger partial charge in [-0.1, -0.05) is 272 Å². The van der Waals surface area contributed by atoms with E-state index in [0.717, 1.165) is 89.9 Å². The van der Waals surface area contributed by atoms with Crippen LogP contribution in [0.5, 0.6) is 0 Å². The summed E-state index contributed by atoms with van der Waals surface area (Å²) in [4.78, 5) is 35.8. The number of carbonyl (C=O) groups excluding carboxylic acids is 2. The van der Waals surface area contributed by atoms with Gasteiger partial charge in [-0.2, -0.15) is 0 Å². The van der Waals surface area contributed by atoms with Crippen LogP contribution in [-0.4, -0.2) is 74.9 Å². The van der Waals surface area contributed by atoms with Gasteiger partial charge in [0.1, 0.15) is 19.8 Å². The van der Waals surface area contributed by atoms with Gasteiger partial charge < -0.3 is 18.9 Å². The Bertz CT molecular complexity index is 1670. The molecule has 80 heavy (non-hydrogen) atoms. The summed E-state index contributed by atoms with van der Waals surface area (Å²) < 4.78 is 34.6. The van der Waals surface area contributed by atoms with Gasteiger partial charge in [-0.05, 0) is 96.3 Å². The highest BCUT2D eigenvalue weighted by molar-refractivity contribution is 7.47. The second-order valence-electron chi connectivity index (χ2n) is 23.1. The average molecular weight is 1140 g/mol. The molecule has 0 saturated heterocycles. The number of hydrogen-bond donors (Lipinski definition) is 1. The molecule has 0 aromatic carbocycles. The zero-order valence-electron chi connectivity index (χ0n) is 52.5. The van der Waals surface area contributed by atoms with Crippen molar-refractivity contribution in [1.29, 1.82) is 0 Å². The van der Waals surface area contributed by atoms with Crippen molar-refractivity contribution in [3.63, 3.8) is 0 Å². The topological polar surface area (TPSA) is 108 Å². The number of nitrogens with zero attached hydrogens (tertiary/aromatic N) is 1. The number of hydrogen-bond acceptors (Lipinski definition) is 7. The number of phosphoric ester groups is 1. The zero-order chi connectivity index (χ0) is 58.4. The molecule has 0 rings (SSSR count). The van der Waals surface area contributed by atoms with E-state index in [0.29, 0.717) is 17.4 Å². The summed E-state index contributed by atoms with van der Waals surface area (Å²) in [5, 5.41) is 0. The van der Waals surface area contributed by atoms with E-state index in [2.05, 4.69) is 111 Å². The molecular weight excluding hydrogens is 1010 g/mol. The molecule has 10 heteroatoms. The van der Waals surface area contributed by atoms with Crippen LogP contribution < -0.4 is 0 Å². The van der Waals surface area contributed by atoms with Crippen molar-refractivity contribution in [2.45, 2.75) is 290 Å². The summed E-state index contributed by atoms with van der Waals surface area (Å²) in [6, 6.07) is 0. The molecule has 0 heterocycles. The molecule has 0 aromatic rings. The van der Waals surface area contributed by atoms with Gasteiger partial charge in [0.25, 0.3) is 0 Å². The van der Waals surface area contributed by atoms with Crippen LogP contribution in [0.3, 0.4) is 0 Å². The Balaban J connectivity index is 4.01. The standard InChI is InChI=1S/C70H124NO8P/c1-6-8-10-12-14-16-18-20-22-24-26-27-28-29-30-31-32-33-34-35-36-37-38-39-40-41-42-43-45-47-49-51-53-55-57-59-61-63-70(73)79-68(67-78-80(74,75)77-65-64-71(3,4)5)66-76-69(72)62-60-58-56-54-52-50-48-46-44-25-23-21-19-17-15-13-11-9-7-2/h8,10,14-17,20-23,26-27,29-30,44,46,68H,6-7,9,11-13,18-19,24-25,28,31-43,45,47-67H2,1-5H3/p+1/b10-8-,16-14-,17-15-,22-20-,23-21-,27-26-,30-29-,46-44-. The van der Waals surface area contributed by atoms with Gasteiger partial charge in [-0.15, -0.1) is 0 Å². The molecule has 9 nitrogen and oxygen atoms in total. The van der Waals surface area contributed by atoms with Crippen molar-refractivity contribution in [2.75, 3.05) is 47.5 Å². The Morgan fingerprint density at radius 2 is 0.713 bits per heavy atom. The first-order valence-corrected chi connectivity index (χ1v) is 34.5. The number of esters is 2. The van der Waals surface area contributed by atoms with Crippen LogP contribution in [0.1, 0.15) is 284 Å². The summed E-state index contributed by atoms with van der Waals surface area (Å²) >= 11 is 0. The van der Waals surface area contributed by atoms with Crippen LogP contribution in [0.25, 0.3) is 0 Å². The molecule has 0 aromatic heterocycles. The van der Waals surface area contributed by atoms with Gasteiger partial charge in [0.05, 0.1) is 27.7 Å². The monoisotopic (exact) mass is 1140 g/mol. The lowest BCUT2D eigenvalue weighted by Crippen LogP contribution is -2.37. The Hall–Kier alpha value is -3.07. The van der Waals surface area contributed by atoms with Crippen LogP contribution in [-0.2, 0) is 32.7 Å². The van der Waals surface area contributed by atoms with Crippen LogP contribution in [0.4, 0.5) is 0 Å². The molecule has 1 N–H and O–H groups in total. The first kappa shape index (κ1) is 76.9. The molecule has 0 spiro atoms. The lowest BCUT2D eigenvalue weighted by Gasteiger charge is -2.24. The SMILES string of the molecule is CC/C=C\C/C=C\C/C=C\C/C=C\C/C=C\CCCCCCCCCCCCCCCCCCCCCCCC(=O)OC(COC(=O)CCCCCCCC/C=C\C/C=C\C/C=C\CCCCC)COP(=O)(O)OCC[N+](C)(C)C. The van der Waals surface area contributed by atoms with E-state index in [-0.39, 0.29) is 32.0 Å². The third kappa shape index (κ3) is 64.1. The Kier molecular flexibility index (Phi) is 58.2. The minimum atomic E-state index is -4.39. The van der Waals surface area contributed by atoms with Crippen molar-refractivity contribution in [2.24, 2.45) is 0 Å². The van der Waals surface area contributed by atoms with E-state index >= 15 is 0 Å². The summed E-state index contributed by atoms with van der Waals surface area (Å²) in [6.45, 7) is 4.30. The molecule has 0 amide bonds. The maximum atomic E-state index is 12.9. The maximum Gasteiger partial charge on any atom is 0.472 e. The van der Waals surface area contributed by atoms with Crippen molar-refractivity contribution in [3.05, 3.63) is 97.2 Å². The quantitative estimate of drug-likeness (QED) is 0.0211. The molecule has 0 saturated carbocycles. The number of quaternary nitrogens is 1. The molecule has 0 bridgehead atoms. The van der Waals surface area contributed by atoms with E-state index in [9.17, 15) is 19.0 Å². The second-order valence-corrected chi connectivity index (χ2v) is 24.6. The average Bonchev–Trinajstić information content (AvgIpc) is 3.42. The van der Waals surface area contributed by atoms with E-state index < -0.39 is 26.5 Å². The van der Waals surface area contributed by atoms with Crippen LogP contribution in [0.15, 0.2) is 97.2 Å². The van der Waals surface area contributed by atoms with Crippen molar-refractivity contribution >= 4 is 19.8 Å². The van der Waals surface area contributed by atoms with Crippen molar-refractivity contribution in [3.8, 4) is 0 Å². The highest BCUT2D eigenvalue weighted by Gasteiger charge is 2.27. The fraction of sp³-hybridized carbons (Fsp3) is 0.743. The summed E-state index contributed by atoms with van der Waals surface area (Å²) in [5.74, 6) is -0.806. The minimum Gasteiger partial charge on any atom is -0.462 e. The molecule has 2 unspecified atom stereocenters. The summed E-state index contributed by atoms with van der Waals surface area (Å²) in [5.41, 5.74) is 0. The van der Waals surface area contributed by atoms with Gasteiger partial charge in [0, 0.05) is 12.8 Å². The maximum absolute atomic E-state index is 12.9. The molecule has 0 radical (unpaired) electrons. The van der Waals surface area contributed by atoms with Gasteiger partial charge >= 0.3 is 19.8 Å². The van der Waals surface area contributed by atoms with Crippen LogP contribution >= 0.6 is 7.82 Å². The van der Waals surface area contributed by atoms with E-state index in [1.807, 2.05) is 21.1 Å².